The summed E-state index contributed by atoms with van der Waals surface area (Å²) in [6, 6.07) is 7.24. The number of rotatable bonds is 3. The van der Waals surface area contributed by atoms with Crippen LogP contribution in [0.2, 0.25) is 0 Å². The van der Waals surface area contributed by atoms with E-state index in [1.165, 1.54) is 17.8 Å². The molecule has 2 aromatic heterocycles. The third kappa shape index (κ3) is 2.93. The Hall–Kier alpha value is -1.62. The highest BCUT2D eigenvalue weighted by atomic mass is 32.2. The van der Waals surface area contributed by atoms with Gasteiger partial charge in [0.15, 0.2) is 5.16 Å². The molecule has 0 unspecified atom stereocenters. The molecular weight excluding hydrogens is 222 g/mol. The van der Waals surface area contributed by atoms with E-state index in [1.807, 2.05) is 18.2 Å². The first-order chi connectivity index (χ1) is 7.74. The van der Waals surface area contributed by atoms with Crippen molar-refractivity contribution >= 4 is 11.8 Å². The van der Waals surface area contributed by atoms with Crippen LogP contribution in [0.3, 0.4) is 0 Å². The molecule has 0 aliphatic heterocycles. The summed E-state index contributed by atoms with van der Waals surface area (Å²) in [6.45, 7) is 1.81. The van der Waals surface area contributed by atoms with Crippen molar-refractivity contribution in [2.24, 2.45) is 0 Å². The van der Waals surface area contributed by atoms with E-state index in [0.717, 1.165) is 11.4 Å². The molecule has 0 bridgehead atoms. The second kappa shape index (κ2) is 4.94. The minimum absolute atomic E-state index is 0.115. The summed E-state index contributed by atoms with van der Waals surface area (Å²) in [5.74, 6) is 0.702. The molecule has 0 spiro atoms. The quantitative estimate of drug-likeness (QED) is 0.648. The molecule has 0 saturated heterocycles. The number of pyridine rings is 1. The highest BCUT2D eigenvalue weighted by molar-refractivity contribution is 7.98. The molecule has 0 fully saturated rings. The Morgan fingerprint density at radius 1 is 1.44 bits per heavy atom. The highest BCUT2D eigenvalue weighted by Crippen LogP contribution is 2.16. The third-order valence-electron chi connectivity index (χ3n) is 1.93. The Morgan fingerprint density at radius 2 is 2.31 bits per heavy atom. The summed E-state index contributed by atoms with van der Waals surface area (Å²) < 4.78 is 0. The summed E-state index contributed by atoms with van der Waals surface area (Å²) >= 11 is 1.47. The Labute approximate surface area is 97.2 Å². The monoisotopic (exact) mass is 233 g/mol. The second-order valence-corrected chi connectivity index (χ2v) is 4.27. The van der Waals surface area contributed by atoms with Crippen LogP contribution in [0.5, 0.6) is 0 Å². The number of nitrogens with one attached hydrogen (secondary N) is 1. The van der Waals surface area contributed by atoms with Crippen LogP contribution in [-0.2, 0) is 5.75 Å². The number of H-pyrrole nitrogens is 1. The van der Waals surface area contributed by atoms with Crippen LogP contribution in [0.25, 0.3) is 0 Å². The lowest BCUT2D eigenvalue weighted by Gasteiger charge is -2.00. The van der Waals surface area contributed by atoms with E-state index in [1.54, 1.807) is 13.1 Å². The van der Waals surface area contributed by atoms with Gasteiger partial charge in [0.05, 0.1) is 5.69 Å². The van der Waals surface area contributed by atoms with Crippen molar-refractivity contribution in [3.63, 3.8) is 0 Å². The van der Waals surface area contributed by atoms with E-state index in [4.69, 9.17) is 0 Å². The molecule has 2 aromatic rings. The normalized spacial score (nSPS) is 10.3. The fourth-order valence-corrected chi connectivity index (χ4v) is 2.08. The smallest absolute Gasteiger partial charge is 0.251 e. The number of hydrogen-bond donors (Lipinski definition) is 1. The van der Waals surface area contributed by atoms with Gasteiger partial charge in [0.2, 0.25) is 0 Å². The van der Waals surface area contributed by atoms with E-state index in [2.05, 4.69) is 15.0 Å². The molecule has 0 amide bonds. The molecular formula is C11H11N3OS. The molecule has 2 heterocycles. The standard InChI is InChI=1S/C11H11N3OS/c1-8-6-10(15)14-11(13-8)16-7-9-4-2-3-5-12-9/h2-6H,7H2,1H3,(H,13,14,15). The molecule has 0 aliphatic rings. The van der Waals surface area contributed by atoms with Gasteiger partial charge in [0, 0.05) is 23.7 Å². The first-order valence-corrected chi connectivity index (χ1v) is 5.83. The van der Waals surface area contributed by atoms with Crippen molar-refractivity contribution in [2.75, 3.05) is 0 Å². The van der Waals surface area contributed by atoms with Gasteiger partial charge in [-0.25, -0.2) is 4.98 Å². The van der Waals surface area contributed by atoms with E-state index >= 15 is 0 Å². The summed E-state index contributed by atoms with van der Waals surface area (Å²) in [5.41, 5.74) is 1.58. The minimum Gasteiger partial charge on any atom is -0.301 e. The predicted octanol–water partition coefficient (Wildman–Crippen LogP) is 1.77. The van der Waals surface area contributed by atoms with Gasteiger partial charge in [0.25, 0.3) is 5.56 Å². The molecule has 0 atom stereocenters. The molecule has 0 radical (unpaired) electrons. The molecule has 16 heavy (non-hydrogen) atoms. The Morgan fingerprint density at radius 3 is 3.00 bits per heavy atom. The Kier molecular flexibility index (Phi) is 3.36. The van der Waals surface area contributed by atoms with Gasteiger partial charge in [-0.3, -0.25) is 9.78 Å². The van der Waals surface area contributed by atoms with Gasteiger partial charge in [-0.05, 0) is 19.1 Å². The molecule has 0 aromatic carbocycles. The molecule has 0 aliphatic carbocycles. The maximum absolute atomic E-state index is 11.2. The van der Waals surface area contributed by atoms with Gasteiger partial charge in [-0.2, -0.15) is 0 Å². The number of aryl methyl sites for hydroxylation is 1. The van der Waals surface area contributed by atoms with Crippen LogP contribution in [0, 0.1) is 6.92 Å². The zero-order valence-corrected chi connectivity index (χ0v) is 9.62. The van der Waals surface area contributed by atoms with Gasteiger partial charge in [-0.1, -0.05) is 17.8 Å². The number of aromatic amines is 1. The zero-order chi connectivity index (χ0) is 11.4. The fourth-order valence-electron chi connectivity index (χ4n) is 1.25. The van der Waals surface area contributed by atoms with Crippen molar-refractivity contribution in [1.29, 1.82) is 0 Å². The maximum Gasteiger partial charge on any atom is 0.251 e. The fraction of sp³-hybridized carbons (Fsp3) is 0.182. The van der Waals surface area contributed by atoms with E-state index in [-0.39, 0.29) is 5.56 Å². The molecule has 4 nitrogen and oxygen atoms in total. The Balaban J connectivity index is 2.08. The first kappa shape index (κ1) is 10.9. The lowest BCUT2D eigenvalue weighted by Crippen LogP contribution is -2.08. The number of aromatic nitrogens is 3. The van der Waals surface area contributed by atoms with Gasteiger partial charge in [0.1, 0.15) is 0 Å². The lowest BCUT2D eigenvalue weighted by molar-refractivity contribution is 0.904. The molecule has 2 rings (SSSR count). The van der Waals surface area contributed by atoms with Gasteiger partial charge < -0.3 is 4.98 Å². The van der Waals surface area contributed by atoms with Crippen LogP contribution in [-0.4, -0.2) is 15.0 Å². The highest BCUT2D eigenvalue weighted by Gasteiger charge is 2.00. The molecule has 5 heteroatoms. The minimum atomic E-state index is -0.115. The van der Waals surface area contributed by atoms with Crippen molar-refractivity contribution in [1.82, 2.24) is 15.0 Å². The van der Waals surface area contributed by atoms with Gasteiger partial charge in [-0.15, -0.1) is 0 Å². The number of thioether (sulfide) groups is 1. The summed E-state index contributed by atoms with van der Waals surface area (Å²) in [5, 5.41) is 0.635. The zero-order valence-electron chi connectivity index (χ0n) is 8.80. The molecule has 1 N–H and O–H groups in total. The Bertz CT molecular complexity index is 524. The average Bonchev–Trinajstić information content (AvgIpc) is 2.27. The van der Waals surface area contributed by atoms with Crippen LogP contribution in [0.4, 0.5) is 0 Å². The van der Waals surface area contributed by atoms with Crippen molar-refractivity contribution in [3.05, 3.63) is 52.2 Å². The van der Waals surface area contributed by atoms with E-state index < -0.39 is 0 Å². The van der Waals surface area contributed by atoms with Gasteiger partial charge >= 0.3 is 0 Å². The largest absolute Gasteiger partial charge is 0.301 e. The number of hydrogen-bond acceptors (Lipinski definition) is 4. The van der Waals surface area contributed by atoms with Crippen LogP contribution in [0.15, 0.2) is 40.4 Å². The second-order valence-electron chi connectivity index (χ2n) is 3.30. The lowest BCUT2D eigenvalue weighted by atomic mass is 10.4. The van der Waals surface area contributed by atoms with Crippen LogP contribution < -0.4 is 5.56 Å². The SMILES string of the molecule is Cc1cc(=O)[nH]c(SCc2ccccn2)n1. The van der Waals surface area contributed by atoms with Crippen LogP contribution >= 0.6 is 11.8 Å². The molecule has 0 saturated carbocycles. The summed E-state index contributed by atoms with van der Waals surface area (Å²) in [6.07, 6.45) is 1.75. The first-order valence-electron chi connectivity index (χ1n) is 4.85. The van der Waals surface area contributed by atoms with Crippen LogP contribution in [0.1, 0.15) is 11.4 Å². The average molecular weight is 233 g/mol. The topological polar surface area (TPSA) is 58.6 Å². The summed E-state index contributed by atoms with van der Waals surface area (Å²) in [7, 11) is 0. The predicted molar refractivity (Wildman–Crippen MR) is 63.4 cm³/mol. The third-order valence-corrected chi connectivity index (χ3v) is 2.84. The van der Waals surface area contributed by atoms with Crippen molar-refractivity contribution < 1.29 is 0 Å². The van der Waals surface area contributed by atoms with E-state index in [9.17, 15) is 4.79 Å². The van der Waals surface area contributed by atoms with Crippen molar-refractivity contribution in [3.8, 4) is 0 Å². The maximum atomic E-state index is 11.2. The van der Waals surface area contributed by atoms with Crippen molar-refractivity contribution in [2.45, 2.75) is 17.8 Å². The van der Waals surface area contributed by atoms with E-state index in [0.29, 0.717) is 10.9 Å². The number of nitrogens with zero attached hydrogens (tertiary/aromatic N) is 2. The molecule has 82 valence electrons. The summed E-state index contributed by atoms with van der Waals surface area (Å²) in [4.78, 5) is 22.3.